The molecule has 1 saturated carbocycles. The van der Waals surface area contributed by atoms with Gasteiger partial charge < -0.3 is 58.7 Å². The highest BCUT2D eigenvalue weighted by Crippen LogP contribution is 2.40. The smallest absolute Gasteiger partial charge is 0.393 e. The lowest BCUT2D eigenvalue weighted by molar-refractivity contribution is 0.236. The van der Waals surface area contributed by atoms with E-state index in [-0.39, 0.29) is 48.7 Å². The number of hydrogen-bond acceptors (Lipinski definition) is 22. The number of aromatic nitrogens is 9. The number of hydrogen-bond donors (Lipinski definition) is 0. The Balaban J connectivity index is 0.000000394. The monoisotopic (exact) mass is 1440 g/mol. The largest absolute Gasteiger partial charge is 0.467 e. The molecule has 22 heteroatoms. The third-order valence-electron chi connectivity index (χ3n) is 14.3. The van der Waals surface area contributed by atoms with Crippen molar-refractivity contribution in [3.8, 4) is 24.0 Å². The molecule has 0 bridgehead atoms. The van der Waals surface area contributed by atoms with Gasteiger partial charge in [0.1, 0.15) is 55.2 Å². The molecule has 9 heterocycles. The Bertz CT molecular complexity index is 3560. The first-order valence-electron chi connectivity index (χ1n) is 36.1. The van der Waals surface area contributed by atoms with Gasteiger partial charge in [0.25, 0.3) is 0 Å². The van der Waals surface area contributed by atoms with Gasteiger partial charge in [-0.25, -0.2) is 34.9 Å². The molecule has 22 nitrogen and oxygen atoms in total. The maximum Gasteiger partial charge on any atom is 0.393 e. The van der Waals surface area contributed by atoms with Gasteiger partial charge in [-0.05, 0) is 53.4 Å². The molecule has 103 heavy (non-hydrogen) atoms. The Kier molecular flexibility index (Phi) is 34.3. The van der Waals surface area contributed by atoms with E-state index in [1.807, 2.05) is 69.2 Å². The van der Waals surface area contributed by atoms with Crippen LogP contribution in [0.15, 0.2) is 89.7 Å². The van der Waals surface area contributed by atoms with Crippen LogP contribution in [-0.2, 0) is 55.2 Å². The van der Waals surface area contributed by atoms with Crippen LogP contribution < -0.4 is 18.9 Å². The Labute approximate surface area is 617 Å². The molecule has 0 amide bonds. The zero-order valence-electron chi connectivity index (χ0n) is 70.3. The predicted octanol–water partition coefficient (Wildman–Crippen LogP) is 22.4. The fraction of sp³-hybridized carbons (Fsp3) is 0.667. The Morgan fingerprint density at radius 3 is 1.08 bits per heavy atom. The summed E-state index contributed by atoms with van der Waals surface area (Å²) in [6.45, 7) is 76.0. The molecular formula is C81H133N9O13. The van der Waals surface area contributed by atoms with Crippen molar-refractivity contribution in [2.24, 2.45) is 0 Å². The SMILES string of the molecule is CC(C)(C)c1coc(C2CC2)n1.CC(C)c1coc(C(C)(C)C)n1.CCOc1nc(C(C)(C)C)co1.CCOc1nc(C(C)(C)C)co1.CCOc1oc(C(C)(C)C)nc1C.CCc1nc(C(C)(C)C)co1.COc1cnc(C(C)(C)C)o1.Cc1cnc(C(C)(C)C)o1.Cc1nc(C(C)(C)C)co1. The van der Waals surface area contributed by atoms with Crippen molar-refractivity contribution in [2.45, 2.75) is 329 Å². The summed E-state index contributed by atoms with van der Waals surface area (Å²) >= 11 is 0. The molecule has 9 aromatic heterocycles. The highest BCUT2D eigenvalue weighted by Gasteiger charge is 2.31. The van der Waals surface area contributed by atoms with Gasteiger partial charge in [0, 0.05) is 68.0 Å². The van der Waals surface area contributed by atoms with E-state index in [0.717, 1.165) is 87.4 Å². The van der Waals surface area contributed by atoms with Crippen molar-refractivity contribution in [1.82, 2.24) is 44.9 Å². The second kappa shape index (κ2) is 38.7. The number of nitrogens with zero attached hydrogens (tertiary/aromatic N) is 9. The van der Waals surface area contributed by atoms with Gasteiger partial charge >= 0.3 is 24.0 Å². The summed E-state index contributed by atoms with van der Waals surface area (Å²) in [6, 6.07) is 0. The molecule has 580 valence electrons. The fourth-order valence-corrected chi connectivity index (χ4v) is 7.52. The maximum absolute atomic E-state index is 5.49. The summed E-state index contributed by atoms with van der Waals surface area (Å²) in [6.07, 6.45) is 17.7. The molecule has 10 rings (SSSR count). The summed E-state index contributed by atoms with van der Waals surface area (Å²) in [7, 11) is 1.56. The van der Waals surface area contributed by atoms with E-state index in [4.69, 9.17) is 58.7 Å². The molecule has 0 atom stereocenters. The lowest BCUT2D eigenvalue weighted by atomic mass is 9.93. The molecule has 0 N–H and O–H groups in total. The van der Waals surface area contributed by atoms with Crippen LogP contribution in [0.4, 0.5) is 0 Å². The van der Waals surface area contributed by atoms with Crippen molar-refractivity contribution >= 4 is 0 Å². The van der Waals surface area contributed by atoms with E-state index in [1.54, 1.807) is 57.1 Å². The minimum atomic E-state index is -0.0554. The average molecular weight is 1440 g/mol. The molecular weight excluding hydrogens is 1310 g/mol. The highest BCUT2D eigenvalue weighted by molar-refractivity contribution is 5.18. The van der Waals surface area contributed by atoms with Crippen molar-refractivity contribution in [2.75, 3.05) is 26.9 Å². The summed E-state index contributed by atoms with van der Waals surface area (Å²) in [4.78, 5) is 38.3. The van der Waals surface area contributed by atoms with Crippen LogP contribution in [0.25, 0.3) is 0 Å². The predicted molar refractivity (Wildman–Crippen MR) is 407 cm³/mol. The van der Waals surface area contributed by atoms with Gasteiger partial charge in [-0.3, -0.25) is 0 Å². The minimum Gasteiger partial charge on any atom is -0.467 e. The van der Waals surface area contributed by atoms with E-state index >= 15 is 0 Å². The standard InChI is InChI=1S/C10H17NO2.C10H15NO.C10H17NO.2C9H15NO2.C9H15NO.C8H13NO2.2C8H13NO/c1-6-12-8-7(2)11-9(13-8)10(3,4)5;1-10(2,3)8-6-12-9(11-8)7-4-5-7;1-7(2)8-6-12-9(11-8)10(3,4)5;2*1-5-11-8-10-7(6-12-8)9(2,3)4;1-5-8-10-7(6-11-8)9(2,3)4;1-8(2,3)7-9-5-6(10-4)11-7;1-6-9-7(5-10-6)8(2,3)4;1-6-5-9-7(10-6)8(2,3)4/h6H2,1-5H3;6-7H,4-5H2,1-3H3;6-7H,1-5H3;2*6H,5H2,1-4H3;6H,5H2,1-4H3;5H,1-4H3;2*5H,1-4H3. The number of rotatable bonds is 10. The molecule has 9 aromatic rings. The van der Waals surface area contributed by atoms with Crippen molar-refractivity contribution in [1.29, 1.82) is 0 Å². The van der Waals surface area contributed by atoms with Crippen LogP contribution >= 0.6 is 0 Å². The first-order chi connectivity index (χ1) is 47.1. The van der Waals surface area contributed by atoms with Crippen LogP contribution in [0, 0.1) is 20.8 Å². The molecule has 0 unspecified atom stereocenters. The van der Waals surface area contributed by atoms with Gasteiger partial charge in [0.05, 0.1) is 67.3 Å². The zero-order chi connectivity index (χ0) is 79.1. The molecule has 0 radical (unpaired) electrons. The third kappa shape index (κ3) is 33.6. The van der Waals surface area contributed by atoms with E-state index in [9.17, 15) is 0 Å². The summed E-state index contributed by atoms with van der Waals surface area (Å²) in [5.41, 5.74) is 7.19. The van der Waals surface area contributed by atoms with E-state index in [2.05, 4.69) is 225 Å². The summed E-state index contributed by atoms with van der Waals surface area (Å²) < 4.78 is 67.7. The van der Waals surface area contributed by atoms with Crippen LogP contribution in [0.1, 0.15) is 340 Å². The van der Waals surface area contributed by atoms with Crippen LogP contribution in [0.5, 0.6) is 24.0 Å². The maximum atomic E-state index is 5.49. The Hall–Kier alpha value is -7.91. The molecule has 0 spiro atoms. The zero-order valence-corrected chi connectivity index (χ0v) is 70.3. The van der Waals surface area contributed by atoms with Crippen LogP contribution in [0.3, 0.4) is 0 Å². The fourth-order valence-electron chi connectivity index (χ4n) is 7.52. The Morgan fingerprint density at radius 2 is 0.806 bits per heavy atom. The lowest BCUT2D eigenvalue weighted by Crippen LogP contribution is -2.11. The van der Waals surface area contributed by atoms with Crippen LogP contribution in [0.2, 0.25) is 0 Å². The number of methoxy groups -OCH3 is 1. The highest BCUT2D eigenvalue weighted by atomic mass is 16.6. The quantitative estimate of drug-likeness (QED) is 0.123. The second-order valence-electron chi connectivity index (χ2n) is 34.7. The molecule has 0 saturated heterocycles. The second-order valence-corrected chi connectivity index (χ2v) is 34.7. The average Bonchev–Trinajstić information content (AvgIpc) is 1.67. The Morgan fingerprint density at radius 1 is 0.398 bits per heavy atom. The first kappa shape index (κ1) is 91.2. The number of ether oxygens (including phenoxy) is 4. The lowest BCUT2D eigenvalue weighted by Gasteiger charge is -2.12. The van der Waals surface area contributed by atoms with Gasteiger partial charge in [0.2, 0.25) is 11.8 Å². The first-order valence-corrected chi connectivity index (χ1v) is 36.1. The van der Waals surface area contributed by atoms with Crippen molar-refractivity contribution in [3.63, 3.8) is 0 Å². The molecule has 0 aromatic carbocycles. The van der Waals surface area contributed by atoms with Crippen molar-refractivity contribution < 1.29 is 58.7 Å². The van der Waals surface area contributed by atoms with E-state index in [1.165, 1.54) is 12.8 Å². The van der Waals surface area contributed by atoms with E-state index in [0.29, 0.717) is 61.6 Å². The van der Waals surface area contributed by atoms with Gasteiger partial charge in [0.15, 0.2) is 29.5 Å². The molecule has 0 aliphatic heterocycles. The number of oxazole rings is 9. The number of aryl methyl sites for hydroxylation is 4. The topological polar surface area (TPSA) is 271 Å². The van der Waals surface area contributed by atoms with Gasteiger partial charge in [-0.15, -0.1) is 0 Å². The molecule has 1 aliphatic carbocycles. The van der Waals surface area contributed by atoms with Crippen molar-refractivity contribution in [3.05, 3.63) is 137 Å². The van der Waals surface area contributed by atoms with Gasteiger partial charge in [-0.1, -0.05) is 208 Å². The normalized spacial score (nSPS) is 12.6. The van der Waals surface area contributed by atoms with Gasteiger partial charge in [-0.2, -0.15) is 9.97 Å². The van der Waals surface area contributed by atoms with Crippen LogP contribution in [-0.4, -0.2) is 71.8 Å². The minimum absolute atomic E-state index is 0.0210. The third-order valence-corrected chi connectivity index (χ3v) is 14.3. The molecule has 1 aliphatic rings. The summed E-state index contributed by atoms with van der Waals surface area (Å²) in [5, 5.41) is 0. The molecule has 1 fully saturated rings. The van der Waals surface area contributed by atoms with E-state index < -0.39 is 0 Å². The summed E-state index contributed by atoms with van der Waals surface area (Å²) in [5.74, 6) is 8.55.